The minimum atomic E-state index is 0.352. The first-order valence-electron chi connectivity index (χ1n) is 4.62. The number of hydrogen-bond acceptors (Lipinski definition) is 2. The SMILES string of the molecule is Oc1cccc2ccc3c(c12)CC=N3. The molecular weight excluding hydrogens is 174 g/mol. The Morgan fingerprint density at radius 2 is 2.07 bits per heavy atom. The Hall–Kier alpha value is -1.83. The molecule has 0 saturated carbocycles. The molecule has 3 rings (SSSR count). The number of aromatic hydroxyl groups is 1. The molecule has 0 spiro atoms. The van der Waals surface area contributed by atoms with Crippen molar-refractivity contribution in [1.82, 2.24) is 0 Å². The van der Waals surface area contributed by atoms with Gasteiger partial charge in [0.2, 0.25) is 0 Å². The summed E-state index contributed by atoms with van der Waals surface area (Å²) in [5, 5.41) is 11.8. The molecule has 0 amide bonds. The minimum Gasteiger partial charge on any atom is -0.507 e. The van der Waals surface area contributed by atoms with Crippen LogP contribution in [-0.4, -0.2) is 11.3 Å². The van der Waals surface area contributed by atoms with E-state index in [2.05, 4.69) is 4.99 Å². The molecule has 1 aliphatic rings. The lowest BCUT2D eigenvalue weighted by atomic mass is 10.0. The zero-order valence-corrected chi connectivity index (χ0v) is 7.57. The Bertz CT molecular complexity index is 543. The number of rotatable bonds is 0. The van der Waals surface area contributed by atoms with Gasteiger partial charge in [-0.15, -0.1) is 0 Å². The van der Waals surface area contributed by atoms with Gasteiger partial charge in [-0.1, -0.05) is 18.2 Å². The summed E-state index contributed by atoms with van der Waals surface area (Å²) in [6, 6.07) is 9.59. The van der Waals surface area contributed by atoms with E-state index in [1.54, 1.807) is 6.07 Å². The van der Waals surface area contributed by atoms with Gasteiger partial charge in [0.05, 0.1) is 5.69 Å². The fraction of sp³-hybridized carbons (Fsp3) is 0.0833. The maximum Gasteiger partial charge on any atom is 0.123 e. The third-order valence-electron chi connectivity index (χ3n) is 2.63. The normalized spacial score (nSPS) is 13.4. The van der Waals surface area contributed by atoms with Crippen molar-refractivity contribution < 1.29 is 5.11 Å². The number of phenolic OH excluding ortho intramolecular Hbond substituents is 1. The molecule has 2 aromatic carbocycles. The fourth-order valence-electron chi connectivity index (χ4n) is 1.99. The molecule has 2 heteroatoms. The molecule has 2 nitrogen and oxygen atoms in total. The quantitative estimate of drug-likeness (QED) is 0.669. The summed E-state index contributed by atoms with van der Waals surface area (Å²) in [7, 11) is 0. The van der Waals surface area contributed by atoms with E-state index in [0.29, 0.717) is 5.75 Å². The maximum absolute atomic E-state index is 9.78. The molecule has 68 valence electrons. The third kappa shape index (κ3) is 0.880. The van der Waals surface area contributed by atoms with Crippen LogP contribution in [0, 0.1) is 0 Å². The van der Waals surface area contributed by atoms with Crippen molar-refractivity contribution in [3.8, 4) is 5.75 Å². The number of fused-ring (bicyclic) bond motifs is 3. The van der Waals surface area contributed by atoms with Crippen molar-refractivity contribution in [2.75, 3.05) is 0 Å². The van der Waals surface area contributed by atoms with E-state index in [1.807, 2.05) is 30.5 Å². The van der Waals surface area contributed by atoms with E-state index >= 15 is 0 Å². The highest BCUT2D eigenvalue weighted by Gasteiger charge is 2.12. The maximum atomic E-state index is 9.78. The highest BCUT2D eigenvalue weighted by Crippen LogP contribution is 2.36. The van der Waals surface area contributed by atoms with Crippen molar-refractivity contribution in [1.29, 1.82) is 0 Å². The van der Waals surface area contributed by atoms with E-state index in [-0.39, 0.29) is 0 Å². The van der Waals surface area contributed by atoms with E-state index in [4.69, 9.17) is 0 Å². The molecule has 1 N–H and O–H groups in total. The Kier molecular flexibility index (Phi) is 1.39. The minimum absolute atomic E-state index is 0.352. The lowest BCUT2D eigenvalue weighted by Gasteiger charge is -2.05. The lowest BCUT2D eigenvalue weighted by Crippen LogP contribution is -1.83. The summed E-state index contributed by atoms with van der Waals surface area (Å²) in [5.41, 5.74) is 2.12. The largest absolute Gasteiger partial charge is 0.507 e. The van der Waals surface area contributed by atoms with Crippen LogP contribution in [0.3, 0.4) is 0 Å². The van der Waals surface area contributed by atoms with Gasteiger partial charge >= 0.3 is 0 Å². The second-order valence-corrected chi connectivity index (χ2v) is 3.45. The van der Waals surface area contributed by atoms with Crippen molar-refractivity contribution in [2.45, 2.75) is 6.42 Å². The Morgan fingerprint density at radius 1 is 1.14 bits per heavy atom. The Labute approximate surface area is 81.5 Å². The van der Waals surface area contributed by atoms with Crippen LogP contribution >= 0.6 is 0 Å². The first-order chi connectivity index (χ1) is 6.86. The number of nitrogens with zero attached hydrogens (tertiary/aromatic N) is 1. The fourth-order valence-corrected chi connectivity index (χ4v) is 1.99. The molecule has 0 aliphatic carbocycles. The van der Waals surface area contributed by atoms with Crippen molar-refractivity contribution in [3.63, 3.8) is 0 Å². The van der Waals surface area contributed by atoms with E-state index < -0.39 is 0 Å². The second kappa shape index (κ2) is 2.58. The van der Waals surface area contributed by atoms with E-state index in [0.717, 1.165) is 28.4 Å². The summed E-state index contributed by atoms with van der Waals surface area (Å²) >= 11 is 0. The van der Waals surface area contributed by atoms with Gasteiger partial charge in [0.15, 0.2) is 0 Å². The zero-order chi connectivity index (χ0) is 9.54. The van der Waals surface area contributed by atoms with E-state index in [9.17, 15) is 5.11 Å². The molecule has 0 unspecified atom stereocenters. The summed E-state index contributed by atoms with van der Waals surface area (Å²) in [6.45, 7) is 0. The van der Waals surface area contributed by atoms with Crippen LogP contribution < -0.4 is 0 Å². The first kappa shape index (κ1) is 7.56. The number of phenols is 1. The van der Waals surface area contributed by atoms with Crippen LogP contribution in [0.5, 0.6) is 5.75 Å². The molecule has 14 heavy (non-hydrogen) atoms. The molecule has 0 saturated heterocycles. The van der Waals surface area contributed by atoms with Gasteiger partial charge in [-0.3, -0.25) is 4.99 Å². The van der Waals surface area contributed by atoms with Gasteiger partial charge in [0.25, 0.3) is 0 Å². The molecule has 1 aliphatic heterocycles. The van der Waals surface area contributed by atoms with Crippen LogP contribution in [0.2, 0.25) is 0 Å². The van der Waals surface area contributed by atoms with Crippen LogP contribution in [-0.2, 0) is 6.42 Å². The highest BCUT2D eigenvalue weighted by atomic mass is 16.3. The van der Waals surface area contributed by atoms with Crippen molar-refractivity contribution in [3.05, 3.63) is 35.9 Å². The molecule has 0 bridgehead atoms. The van der Waals surface area contributed by atoms with E-state index in [1.165, 1.54) is 0 Å². The summed E-state index contributed by atoms with van der Waals surface area (Å²) in [5.74, 6) is 0.352. The number of benzene rings is 2. The standard InChI is InChI=1S/C12H9NO/c14-11-3-1-2-8-4-5-10-9(12(8)11)6-7-13-10/h1-5,7,14H,6H2. The third-order valence-corrected chi connectivity index (χ3v) is 2.63. The molecule has 0 aromatic heterocycles. The molecular formula is C12H9NO. The summed E-state index contributed by atoms with van der Waals surface area (Å²) < 4.78 is 0. The summed E-state index contributed by atoms with van der Waals surface area (Å²) in [4.78, 5) is 4.25. The van der Waals surface area contributed by atoms with Crippen LogP contribution in [0.4, 0.5) is 5.69 Å². The Balaban J connectivity index is 2.49. The molecule has 0 radical (unpaired) electrons. The van der Waals surface area contributed by atoms with Gasteiger partial charge in [-0.05, 0) is 23.1 Å². The lowest BCUT2D eigenvalue weighted by molar-refractivity contribution is 0.481. The Morgan fingerprint density at radius 3 is 3.00 bits per heavy atom. The van der Waals surface area contributed by atoms with Crippen LogP contribution in [0.25, 0.3) is 10.8 Å². The van der Waals surface area contributed by atoms with Crippen molar-refractivity contribution >= 4 is 22.7 Å². The average Bonchev–Trinajstić information content (AvgIpc) is 2.65. The molecule has 0 atom stereocenters. The predicted molar refractivity (Wildman–Crippen MR) is 57.5 cm³/mol. The average molecular weight is 183 g/mol. The van der Waals surface area contributed by atoms with Crippen LogP contribution in [0.15, 0.2) is 35.3 Å². The van der Waals surface area contributed by atoms with Gasteiger partial charge in [-0.2, -0.15) is 0 Å². The van der Waals surface area contributed by atoms with Gasteiger partial charge in [-0.25, -0.2) is 0 Å². The topological polar surface area (TPSA) is 32.6 Å². The number of hydrogen-bond donors (Lipinski definition) is 1. The highest BCUT2D eigenvalue weighted by molar-refractivity contribution is 5.98. The first-order valence-corrected chi connectivity index (χ1v) is 4.62. The van der Waals surface area contributed by atoms with Crippen LogP contribution in [0.1, 0.15) is 5.56 Å². The van der Waals surface area contributed by atoms with Gasteiger partial charge < -0.3 is 5.11 Å². The second-order valence-electron chi connectivity index (χ2n) is 3.45. The van der Waals surface area contributed by atoms with Gasteiger partial charge in [0, 0.05) is 18.0 Å². The zero-order valence-electron chi connectivity index (χ0n) is 7.57. The molecule has 2 aromatic rings. The molecule has 1 heterocycles. The number of aliphatic imine (C=N–C) groups is 1. The molecule has 0 fully saturated rings. The predicted octanol–water partition coefficient (Wildman–Crippen LogP) is 2.80. The summed E-state index contributed by atoms with van der Waals surface area (Å²) in [6.07, 6.45) is 2.71. The smallest absolute Gasteiger partial charge is 0.123 e. The van der Waals surface area contributed by atoms with Gasteiger partial charge in [0.1, 0.15) is 5.75 Å². The van der Waals surface area contributed by atoms with Crippen molar-refractivity contribution in [2.24, 2.45) is 4.99 Å². The monoisotopic (exact) mass is 183 g/mol.